The Labute approximate surface area is 170 Å². The molecule has 154 valence electrons. The molecule has 0 saturated carbocycles. The molecule has 1 N–H and O–H groups in total. The van der Waals surface area contributed by atoms with E-state index in [2.05, 4.69) is 19.8 Å². The molecule has 0 radical (unpaired) electrons. The zero-order valence-corrected chi connectivity index (χ0v) is 17.1. The maximum atomic E-state index is 12.5. The van der Waals surface area contributed by atoms with Crippen molar-refractivity contribution in [2.45, 2.75) is 31.2 Å². The van der Waals surface area contributed by atoms with Crippen LogP contribution >= 0.6 is 0 Å². The molecule has 2 aromatic heterocycles. The first-order valence-corrected chi connectivity index (χ1v) is 11.1. The van der Waals surface area contributed by atoms with E-state index in [1.54, 1.807) is 42.7 Å². The number of likely N-dealkylation sites (tertiary alicyclic amines) is 1. The van der Waals surface area contributed by atoms with Crippen molar-refractivity contribution in [3.8, 4) is 11.6 Å². The normalized spacial score (nSPS) is 18.2. The summed E-state index contributed by atoms with van der Waals surface area (Å²) in [5, 5.41) is 3.95. The molecular formula is C20H24N4O4S. The molecule has 9 heteroatoms. The van der Waals surface area contributed by atoms with Crippen molar-refractivity contribution >= 4 is 10.0 Å². The van der Waals surface area contributed by atoms with E-state index < -0.39 is 10.0 Å². The lowest BCUT2D eigenvalue weighted by Gasteiger charge is -2.31. The number of benzene rings is 1. The highest BCUT2D eigenvalue weighted by Crippen LogP contribution is 2.20. The van der Waals surface area contributed by atoms with Gasteiger partial charge in [0.15, 0.2) is 5.76 Å². The summed E-state index contributed by atoms with van der Waals surface area (Å²) in [4.78, 5) is 6.89. The van der Waals surface area contributed by atoms with Gasteiger partial charge in [-0.3, -0.25) is 4.90 Å². The third-order valence-corrected chi connectivity index (χ3v) is 6.50. The number of nitrogens with zero attached hydrogens (tertiary/aromatic N) is 3. The first-order chi connectivity index (χ1) is 14.0. The van der Waals surface area contributed by atoms with Gasteiger partial charge >= 0.3 is 0 Å². The van der Waals surface area contributed by atoms with Crippen LogP contribution in [0.3, 0.4) is 0 Å². The number of hydrogen-bond acceptors (Lipinski definition) is 7. The SMILES string of the molecule is Cc1ccc(S(=O)(=O)NCC2CCCN(Cc3nc(-c4ccco4)no3)C2)cc1. The second-order valence-electron chi connectivity index (χ2n) is 7.40. The van der Waals surface area contributed by atoms with Gasteiger partial charge in [-0.15, -0.1) is 0 Å². The molecular weight excluding hydrogens is 392 g/mol. The third kappa shape index (κ3) is 4.92. The van der Waals surface area contributed by atoms with E-state index in [4.69, 9.17) is 8.94 Å². The topological polar surface area (TPSA) is 101 Å². The zero-order valence-electron chi connectivity index (χ0n) is 16.2. The Hall–Kier alpha value is -2.49. The highest BCUT2D eigenvalue weighted by atomic mass is 32.2. The Morgan fingerprint density at radius 2 is 2.07 bits per heavy atom. The van der Waals surface area contributed by atoms with Gasteiger partial charge in [0.25, 0.3) is 0 Å². The van der Waals surface area contributed by atoms with Crippen LogP contribution in [-0.2, 0) is 16.6 Å². The monoisotopic (exact) mass is 416 g/mol. The fourth-order valence-corrected chi connectivity index (χ4v) is 4.62. The van der Waals surface area contributed by atoms with Crippen molar-refractivity contribution < 1.29 is 17.4 Å². The Kier molecular flexibility index (Phi) is 5.79. The van der Waals surface area contributed by atoms with Gasteiger partial charge in [-0.2, -0.15) is 4.98 Å². The molecule has 1 fully saturated rings. The van der Waals surface area contributed by atoms with Crippen LogP contribution in [-0.4, -0.2) is 43.1 Å². The molecule has 1 aliphatic heterocycles. The van der Waals surface area contributed by atoms with E-state index in [9.17, 15) is 8.42 Å². The molecule has 1 unspecified atom stereocenters. The molecule has 0 bridgehead atoms. The maximum absolute atomic E-state index is 12.5. The van der Waals surface area contributed by atoms with E-state index in [1.165, 1.54) is 0 Å². The Balaban J connectivity index is 1.32. The Morgan fingerprint density at radius 1 is 1.24 bits per heavy atom. The first-order valence-electron chi connectivity index (χ1n) is 9.65. The smallest absolute Gasteiger partial charge is 0.241 e. The zero-order chi connectivity index (χ0) is 20.3. The van der Waals surface area contributed by atoms with Crippen molar-refractivity contribution in [3.63, 3.8) is 0 Å². The fraction of sp³-hybridized carbons (Fsp3) is 0.400. The average Bonchev–Trinajstić information content (AvgIpc) is 3.39. The molecule has 0 spiro atoms. The molecule has 1 saturated heterocycles. The summed E-state index contributed by atoms with van der Waals surface area (Å²) in [6, 6.07) is 10.4. The molecule has 1 aliphatic rings. The summed E-state index contributed by atoms with van der Waals surface area (Å²) >= 11 is 0. The molecule has 1 atom stereocenters. The van der Waals surface area contributed by atoms with Crippen LogP contribution in [0.5, 0.6) is 0 Å². The maximum Gasteiger partial charge on any atom is 0.241 e. The van der Waals surface area contributed by atoms with Crippen LogP contribution in [0.2, 0.25) is 0 Å². The van der Waals surface area contributed by atoms with Gasteiger partial charge in [-0.25, -0.2) is 13.1 Å². The molecule has 0 aliphatic carbocycles. The van der Waals surface area contributed by atoms with Gasteiger partial charge in [0.2, 0.25) is 21.7 Å². The number of aryl methyl sites for hydroxylation is 1. The largest absolute Gasteiger partial charge is 0.461 e. The van der Waals surface area contributed by atoms with Gasteiger partial charge in [0, 0.05) is 13.1 Å². The van der Waals surface area contributed by atoms with Gasteiger partial charge < -0.3 is 8.94 Å². The summed E-state index contributed by atoms with van der Waals surface area (Å²) in [6.45, 7) is 4.57. The first kappa shape index (κ1) is 19.8. The minimum atomic E-state index is -3.49. The van der Waals surface area contributed by atoms with Crippen LogP contribution in [0.1, 0.15) is 24.3 Å². The standard InChI is InChI=1S/C20H24N4O4S/c1-15-6-8-17(9-7-15)29(25,26)21-12-16-4-2-10-24(13-16)14-19-22-20(23-28-19)18-5-3-11-27-18/h3,5-9,11,16,21H,2,4,10,12-14H2,1H3. The number of sulfonamides is 1. The lowest BCUT2D eigenvalue weighted by atomic mass is 9.98. The molecule has 3 aromatic rings. The van der Waals surface area contributed by atoms with Crippen molar-refractivity contribution in [2.24, 2.45) is 5.92 Å². The number of hydrogen-bond donors (Lipinski definition) is 1. The van der Waals surface area contributed by atoms with Crippen LogP contribution in [0.4, 0.5) is 0 Å². The van der Waals surface area contributed by atoms with E-state index >= 15 is 0 Å². The second kappa shape index (κ2) is 8.48. The third-order valence-electron chi connectivity index (χ3n) is 5.06. The quantitative estimate of drug-likeness (QED) is 0.632. The summed E-state index contributed by atoms with van der Waals surface area (Å²) < 4.78 is 38.4. The van der Waals surface area contributed by atoms with Crippen LogP contribution in [0, 0.1) is 12.8 Å². The fourth-order valence-electron chi connectivity index (χ4n) is 3.51. The number of piperidine rings is 1. The van der Waals surface area contributed by atoms with Crippen molar-refractivity contribution in [1.82, 2.24) is 19.8 Å². The molecule has 3 heterocycles. The van der Waals surface area contributed by atoms with Crippen LogP contribution in [0.15, 0.2) is 56.5 Å². The highest BCUT2D eigenvalue weighted by Gasteiger charge is 2.24. The summed E-state index contributed by atoms with van der Waals surface area (Å²) in [5.41, 5.74) is 1.03. The molecule has 0 amide bonds. The minimum Gasteiger partial charge on any atom is -0.461 e. The molecule has 29 heavy (non-hydrogen) atoms. The van der Waals surface area contributed by atoms with Crippen molar-refractivity contribution in [3.05, 3.63) is 54.1 Å². The van der Waals surface area contributed by atoms with Gasteiger partial charge in [-0.1, -0.05) is 22.9 Å². The van der Waals surface area contributed by atoms with Gasteiger partial charge in [-0.05, 0) is 56.5 Å². The average molecular weight is 417 g/mol. The van der Waals surface area contributed by atoms with Crippen LogP contribution < -0.4 is 4.72 Å². The lowest BCUT2D eigenvalue weighted by molar-refractivity contribution is 0.151. The highest BCUT2D eigenvalue weighted by molar-refractivity contribution is 7.89. The van der Waals surface area contributed by atoms with E-state index in [0.717, 1.165) is 31.5 Å². The van der Waals surface area contributed by atoms with Crippen LogP contribution in [0.25, 0.3) is 11.6 Å². The summed E-state index contributed by atoms with van der Waals surface area (Å²) in [5.74, 6) is 1.76. The van der Waals surface area contributed by atoms with Crippen molar-refractivity contribution in [2.75, 3.05) is 19.6 Å². The number of nitrogens with one attached hydrogen (secondary N) is 1. The second-order valence-corrected chi connectivity index (χ2v) is 9.16. The Bertz CT molecular complexity index is 1030. The molecule has 4 rings (SSSR count). The van der Waals surface area contributed by atoms with Gasteiger partial charge in [0.05, 0.1) is 17.7 Å². The number of aromatic nitrogens is 2. The summed E-state index contributed by atoms with van der Waals surface area (Å²) in [6.07, 6.45) is 3.54. The molecule has 8 nitrogen and oxygen atoms in total. The van der Waals surface area contributed by atoms with E-state index in [0.29, 0.717) is 35.5 Å². The minimum absolute atomic E-state index is 0.233. The van der Waals surface area contributed by atoms with E-state index in [1.807, 2.05) is 6.92 Å². The van der Waals surface area contributed by atoms with E-state index in [-0.39, 0.29) is 5.92 Å². The predicted molar refractivity (Wildman–Crippen MR) is 106 cm³/mol. The van der Waals surface area contributed by atoms with Gasteiger partial charge in [0.1, 0.15) is 0 Å². The Morgan fingerprint density at radius 3 is 2.83 bits per heavy atom. The summed E-state index contributed by atoms with van der Waals surface area (Å²) in [7, 11) is -3.49. The predicted octanol–water partition coefficient (Wildman–Crippen LogP) is 2.83. The number of rotatable bonds is 7. The lowest BCUT2D eigenvalue weighted by Crippen LogP contribution is -2.40. The number of furan rings is 1. The molecule has 1 aromatic carbocycles. The van der Waals surface area contributed by atoms with Crippen molar-refractivity contribution in [1.29, 1.82) is 0 Å².